The molecule has 2 atom stereocenters. The van der Waals surface area contributed by atoms with Crippen LogP contribution in [0.25, 0.3) is 0 Å². The Balaban J connectivity index is 2.04. The van der Waals surface area contributed by atoms with E-state index in [1.54, 1.807) is 6.33 Å². The number of aromatic nitrogens is 3. The largest absolute Gasteiger partial charge is 0.311 e. The highest BCUT2D eigenvalue weighted by Crippen LogP contribution is 2.15. The van der Waals surface area contributed by atoms with Crippen molar-refractivity contribution >= 4 is 0 Å². The summed E-state index contributed by atoms with van der Waals surface area (Å²) in [6, 6.07) is 1.19. The lowest BCUT2D eigenvalue weighted by atomic mass is 10.1. The van der Waals surface area contributed by atoms with Gasteiger partial charge in [0.05, 0.1) is 6.54 Å². The zero-order valence-electron chi connectivity index (χ0n) is 13.3. The zero-order valence-corrected chi connectivity index (χ0v) is 13.3. The van der Waals surface area contributed by atoms with Gasteiger partial charge in [0.25, 0.3) is 0 Å². The van der Waals surface area contributed by atoms with E-state index in [1.807, 2.05) is 0 Å². The molecule has 20 heavy (non-hydrogen) atoms. The lowest BCUT2D eigenvalue weighted by Gasteiger charge is -2.39. The number of hydrogen-bond donors (Lipinski definition) is 1. The molecule has 1 aromatic rings. The van der Waals surface area contributed by atoms with Crippen molar-refractivity contribution in [3.8, 4) is 0 Å². The summed E-state index contributed by atoms with van der Waals surface area (Å²) < 4.78 is 2.07. The number of nitrogens with one attached hydrogen (secondary N) is 1. The third kappa shape index (κ3) is 4.03. The molecule has 0 bridgehead atoms. The first kappa shape index (κ1) is 15.4. The summed E-state index contributed by atoms with van der Waals surface area (Å²) in [6.45, 7) is 13.0. The first-order valence-electron chi connectivity index (χ1n) is 7.94. The first-order chi connectivity index (χ1) is 9.60. The Bertz CT molecular complexity index is 401. The lowest BCUT2D eigenvalue weighted by Crippen LogP contribution is -2.55. The third-order valence-corrected chi connectivity index (χ3v) is 3.93. The van der Waals surface area contributed by atoms with Crippen molar-refractivity contribution in [1.82, 2.24) is 25.0 Å². The molecule has 1 saturated heterocycles. The molecule has 0 radical (unpaired) electrons. The molecular weight excluding hydrogens is 250 g/mol. The minimum Gasteiger partial charge on any atom is -0.311 e. The summed E-state index contributed by atoms with van der Waals surface area (Å²) in [5.74, 6) is 1.71. The van der Waals surface area contributed by atoms with Gasteiger partial charge in [0.2, 0.25) is 0 Å². The van der Waals surface area contributed by atoms with E-state index < -0.39 is 0 Å². The summed E-state index contributed by atoms with van der Waals surface area (Å²) in [4.78, 5) is 7.05. The van der Waals surface area contributed by atoms with E-state index in [0.29, 0.717) is 18.0 Å². The molecule has 0 saturated carbocycles. The Hall–Kier alpha value is -0.940. The van der Waals surface area contributed by atoms with Crippen molar-refractivity contribution in [2.75, 3.05) is 13.1 Å². The highest BCUT2D eigenvalue weighted by atomic mass is 15.4. The van der Waals surface area contributed by atoms with Crippen LogP contribution in [0, 0.1) is 5.92 Å². The van der Waals surface area contributed by atoms with Crippen LogP contribution in [0.2, 0.25) is 0 Å². The summed E-state index contributed by atoms with van der Waals surface area (Å²) in [7, 11) is 0. The fourth-order valence-corrected chi connectivity index (χ4v) is 2.93. The van der Waals surface area contributed by atoms with Crippen molar-refractivity contribution in [2.45, 2.75) is 65.7 Å². The Morgan fingerprint density at radius 3 is 2.95 bits per heavy atom. The van der Waals surface area contributed by atoms with Gasteiger partial charge in [0.1, 0.15) is 12.2 Å². The van der Waals surface area contributed by atoms with Crippen LogP contribution in [-0.4, -0.2) is 44.8 Å². The van der Waals surface area contributed by atoms with Gasteiger partial charge in [-0.1, -0.05) is 27.2 Å². The minimum absolute atomic E-state index is 0.560. The molecule has 1 fully saturated rings. The molecule has 1 aliphatic rings. The predicted molar refractivity (Wildman–Crippen MR) is 81.4 cm³/mol. The van der Waals surface area contributed by atoms with Gasteiger partial charge in [0.15, 0.2) is 0 Å². The summed E-state index contributed by atoms with van der Waals surface area (Å²) >= 11 is 0. The molecule has 114 valence electrons. The monoisotopic (exact) mass is 279 g/mol. The van der Waals surface area contributed by atoms with Crippen molar-refractivity contribution in [1.29, 1.82) is 0 Å². The van der Waals surface area contributed by atoms with Gasteiger partial charge < -0.3 is 5.32 Å². The summed E-state index contributed by atoms with van der Waals surface area (Å²) in [5, 5.41) is 7.96. The van der Waals surface area contributed by atoms with Crippen LogP contribution in [0.1, 0.15) is 46.4 Å². The van der Waals surface area contributed by atoms with Gasteiger partial charge in [-0.25, -0.2) is 9.67 Å². The zero-order chi connectivity index (χ0) is 14.5. The van der Waals surface area contributed by atoms with E-state index in [9.17, 15) is 0 Å². The average Bonchev–Trinajstić information content (AvgIpc) is 2.79. The van der Waals surface area contributed by atoms with Gasteiger partial charge in [0, 0.05) is 31.7 Å². The molecule has 0 aromatic carbocycles. The molecule has 1 aromatic heterocycles. The molecule has 1 aliphatic heterocycles. The number of hydrogen-bond acceptors (Lipinski definition) is 4. The molecule has 0 amide bonds. The molecule has 1 N–H and O–H groups in total. The topological polar surface area (TPSA) is 46.0 Å². The number of rotatable bonds is 6. The van der Waals surface area contributed by atoms with E-state index in [1.165, 1.54) is 12.8 Å². The fraction of sp³-hybridized carbons (Fsp3) is 0.867. The van der Waals surface area contributed by atoms with Gasteiger partial charge in [-0.05, 0) is 19.3 Å². The van der Waals surface area contributed by atoms with Crippen molar-refractivity contribution in [3.63, 3.8) is 0 Å². The summed E-state index contributed by atoms with van der Waals surface area (Å²) in [6.07, 6.45) is 4.17. The van der Waals surface area contributed by atoms with Crippen LogP contribution >= 0.6 is 0 Å². The molecule has 0 spiro atoms. The average molecular weight is 279 g/mol. The highest BCUT2D eigenvalue weighted by Gasteiger charge is 2.26. The maximum atomic E-state index is 4.47. The normalized spacial score (nSPS) is 24.4. The molecular formula is C15H29N5. The smallest absolute Gasteiger partial charge is 0.141 e. The maximum Gasteiger partial charge on any atom is 0.141 e. The van der Waals surface area contributed by atoms with Crippen molar-refractivity contribution in [2.24, 2.45) is 5.92 Å². The minimum atomic E-state index is 0.560. The van der Waals surface area contributed by atoms with Crippen LogP contribution in [0.4, 0.5) is 0 Å². The SMILES string of the molecule is CCCC1CNC(C)CN1Cc1ncnn1CC(C)C. The predicted octanol–water partition coefficient (Wildman–Crippen LogP) is 1.90. The number of nitrogens with zero attached hydrogens (tertiary/aromatic N) is 4. The Morgan fingerprint density at radius 2 is 2.25 bits per heavy atom. The second-order valence-corrected chi connectivity index (χ2v) is 6.43. The van der Waals surface area contributed by atoms with E-state index in [2.05, 4.69) is 52.7 Å². The maximum absolute atomic E-state index is 4.47. The molecule has 5 nitrogen and oxygen atoms in total. The van der Waals surface area contributed by atoms with E-state index in [4.69, 9.17) is 0 Å². The van der Waals surface area contributed by atoms with Crippen LogP contribution < -0.4 is 5.32 Å². The van der Waals surface area contributed by atoms with E-state index >= 15 is 0 Å². The second-order valence-electron chi connectivity index (χ2n) is 6.43. The van der Waals surface area contributed by atoms with Crippen molar-refractivity contribution < 1.29 is 0 Å². The van der Waals surface area contributed by atoms with Gasteiger partial charge >= 0.3 is 0 Å². The first-order valence-corrected chi connectivity index (χ1v) is 7.94. The van der Waals surface area contributed by atoms with Gasteiger partial charge in [-0.2, -0.15) is 5.10 Å². The molecule has 0 aliphatic carbocycles. The number of piperazine rings is 1. The second kappa shape index (κ2) is 7.18. The fourth-order valence-electron chi connectivity index (χ4n) is 2.93. The van der Waals surface area contributed by atoms with Crippen LogP contribution in [0.3, 0.4) is 0 Å². The van der Waals surface area contributed by atoms with Crippen LogP contribution in [0.15, 0.2) is 6.33 Å². The lowest BCUT2D eigenvalue weighted by molar-refractivity contribution is 0.115. The summed E-state index contributed by atoms with van der Waals surface area (Å²) in [5.41, 5.74) is 0. The molecule has 5 heteroatoms. The quantitative estimate of drug-likeness (QED) is 0.864. The molecule has 2 heterocycles. The van der Waals surface area contributed by atoms with Crippen LogP contribution in [0.5, 0.6) is 0 Å². The van der Waals surface area contributed by atoms with Gasteiger partial charge in [-0.15, -0.1) is 0 Å². The Labute approximate surface area is 122 Å². The Morgan fingerprint density at radius 1 is 1.45 bits per heavy atom. The van der Waals surface area contributed by atoms with Crippen LogP contribution in [-0.2, 0) is 13.1 Å². The van der Waals surface area contributed by atoms with E-state index in [-0.39, 0.29) is 0 Å². The highest BCUT2D eigenvalue weighted by molar-refractivity contribution is 4.91. The standard InChI is InChI=1S/C15H29N5/c1-5-6-14-7-16-13(4)9-19(14)10-15-17-11-18-20(15)8-12(2)3/h11-14,16H,5-10H2,1-4H3. The molecule has 2 rings (SSSR count). The van der Waals surface area contributed by atoms with E-state index in [0.717, 1.165) is 32.0 Å². The van der Waals surface area contributed by atoms with Crippen molar-refractivity contribution in [3.05, 3.63) is 12.2 Å². The molecule has 2 unspecified atom stereocenters. The Kier molecular flexibility index (Phi) is 5.54. The van der Waals surface area contributed by atoms with Gasteiger partial charge in [-0.3, -0.25) is 4.90 Å². The third-order valence-electron chi connectivity index (χ3n) is 3.93.